The van der Waals surface area contributed by atoms with Crippen molar-refractivity contribution < 1.29 is 22.7 Å². The number of alkyl carbamates (subject to hydrolysis) is 1. The minimum Gasteiger partial charge on any atom is -0.356 e. The van der Waals surface area contributed by atoms with Crippen LogP contribution in [0.1, 0.15) is 12.8 Å². The predicted octanol–water partition coefficient (Wildman–Crippen LogP) is 0.984. The molecule has 82 valence electrons. The largest absolute Gasteiger partial charge is 0.576 e. The minimum atomic E-state index is -4.91. The molecule has 7 heteroatoms. The molecule has 1 heterocycles. The topological polar surface area (TPSA) is 50.4 Å². The third-order valence-corrected chi connectivity index (χ3v) is 1.83. The Morgan fingerprint density at radius 3 is 2.71 bits per heavy atom. The van der Waals surface area contributed by atoms with Crippen molar-refractivity contribution in [2.45, 2.75) is 25.2 Å². The van der Waals surface area contributed by atoms with Gasteiger partial charge in [-0.1, -0.05) is 0 Å². The highest BCUT2D eigenvalue weighted by Gasteiger charge is 2.34. The van der Waals surface area contributed by atoms with Crippen molar-refractivity contribution in [1.29, 1.82) is 0 Å². The summed E-state index contributed by atoms with van der Waals surface area (Å²) in [5.74, 6) is 0. The Hall–Kier alpha value is -0.980. The van der Waals surface area contributed by atoms with E-state index in [1.165, 1.54) is 0 Å². The molecule has 0 saturated carbocycles. The molecule has 14 heavy (non-hydrogen) atoms. The molecule has 1 saturated heterocycles. The Balaban J connectivity index is 2.25. The van der Waals surface area contributed by atoms with E-state index in [9.17, 15) is 18.0 Å². The number of piperidine rings is 1. The molecule has 0 spiro atoms. The average molecular weight is 212 g/mol. The molecule has 0 aromatic heterocycles. The minimum absolute atomic E-state index is 0.279. The van der Waals surface area contributed by atoms with E-state index in [-0.39, 0.29) is 6.04 Å². The summed E-state index contributed by atoms with van der Waals surface area (Å²) in [4.78, 5) is 10.6. The van der Waals surface area contributed by atoms with Gasteiger partial charge in [-0.05, 0) is 19.4 Å². The van der Waals surface area contributed by atoms with Gasteiger partial charge in [-0.25, -0.2) is 4.79 Å². The zero-order valence-electron chi connectivity index (χ0n) is 7.36. The van der Waals surface area contributed by atoms with E-state index >= 15 is 0 Å². The normalized spacial score (nSPS) is 22.9. The second-order valence-corrected chi connectivity index (χ2v) is 3.02. The SMILES string of the molecule is O=C(NC1CCCNC1)OC(F)(F)F. The Morgan fingerprint density at radius 2 is 2.21 bits per heavy atom. The van der Waals surface area contributed by atoms with Gasteiger partial charge < -0.3 is 15.4 Å². The molecule has 0 aromatic rings. The second-order valence-electron chi connectivity index (χ2n) is 3.02. The number of hydrogen-bond acceptors (Lipinski definition) is 3. The first-order chi connectivity index (χ1) is 6.47. The number of alkyl halides is 3. The van der Waals surface area contributed by atoms with Crippen molar-refractivity contribution in [3.8, 4) is 0 Å². The third kappa shape index (κ3) is 4.31. The van der Waals surface area contributed by atoms with Crippen LogP contribution >= 0.6 is 0 Å². The Morgan fingerprint density at radius 1 is 1.50 bits per heavy atom. The van der Waals surface area contributed by atoms with Crippen LogP contribution in [0.25, 0.3) is 0 Å². The Labute approximate surface area is 78.8 Å². The lowest BCUT2D eigenvalue weighted by molar-refractivity contribution is -0.291. The number of amides is 1. The Kier molecular flexibility index (Phi) is 3.56. The van der Waals surface area contributed by atoms with Crippen LogP contribution in [0.15, 0.2) is 0 Å². The maximum Gasteiger partial charge on any atom is 0.576 e. The summed E-state index contributed by atoms with van der Waals surface area (Å²) in [6.45, 7) is 1.31. The maximum absolute atomic E-state index is 11.6. The number of hydrogen-bond donors (Lipinski definition) is 2. The molecule has 1 aliphatic heterocycles. The molecule has 1 unspecified atom stereocenters. The molecule has 0 radical (unpaired) electrons. The first-order valence-electron chi connectivity index (χ1n) is 4.24. The van der Waals surface area contributed by atoms with Gasteiger partial charge in [0.25, 0.3) is 0 Å². The third-order valence-electron chi connectivity index (χ3n) is 1.83. The molecule has 0 bridgehead atoms. The standard InChI is InChI=1S/C7H11F3N2O2/c8-7(9,10)14-6(13)12-5-2-1-3-11-4-5/h5,11H,1-4H2,(H,12,13). The molecule has 2 N–H and O–H groups in total. The number of rotatable bonds is 1. The summed E-state index contributed by atoms with van der Waals surface area (Å²) in [6, 6.07) is -0.279. The lowest BCUT2D eigenvalue weighted by atomic mass is 10.1. The Bertz CT molecular complexity index is 202. The van der Waals surface area contributed by atoms with Crippen LogP contribution in [0.3, 0.4) is 0 Å². The maximum atomic E-state index is 11.6. The number of carbonyl (C=O) groups is 1. The van der Waals surface area contributed by atoms with Gasteiger partial charge in [0.2, 0.25) is 0 Å². The van der Waals surface area contributed by atoms with E-state index in [0.29, 0.717) is 13.0 Å². The molecular formula is C7H11F3N2O2. The van der Waals surface area contributed by atoms with Crippen LogP contribution in [0.5, 0.6) is 0 Å². The van der Waals surface area contributed by atoms with Gasteiger partial charge in [0.05, 0.1) is 0 Å². The number of halogens is 3. The molecule has 1 amide bonds. The highest BCUT2D eigenvalue weighted by atomic mass is 19.4. The zero-order valence-corrected chi connectivity index (χ0v) is 7.36. The van der Waals surface area contributed by atoms with Crippen molar-refractivity contribution in [3.63, 3.8) is 0 Å². The van der Waals surface area contributed by atoms with Crippen LogP contribution in [-0.4, -0.2) is 31.6 Å². The molecule has 1 aliphatic rings. The fourth-order valence-corrected chi connectivity index (χ4v) is 1.28. The quantitative estimate of drug-likeness (QED) is 0.681. The van der Waals surface area contributed by atoms with Crippen LogP contribution < -0.4 is 10.6 Å². The van der Waals surface area contributed by atoms with E-state index in [1.807, 2.05) is 0 Å². The highest BCUT2D eigenvalue weighted by molar-refractivity contribution is 5.67. The predicted molar refractivity (Wildman–Crippen MR) is 41.6 cm³/mol. The molecule has 1 rings (SSSR count). The summed E-state index contributed by atoms with van der Waals surface area (Å²) in [7, 11) is 0. The number of ether oxygens (including phenoxy) is 1. The van der Waals surface area contributed by atoms with Crippen LogP contribution in [0.2, 0.25) is 0 Å². The molecule has 4 nitrogen and oxygen atoms in total. The van der Waals surface area contributed by atoms with Crippen molar-refractivity contribution >= 4 is 6.09 Å². The van der Waals surface area contributed by atoms with Gasteiger partial charge >= 0.3 is 12.5 Å². The summed E-state index contributed by atoms with van der Waals surface area (Å²) >= 11 is 0. The summed E-state index contributed by atoms with van der Waals surface area (Å²) in [6.07, 6.45) is -4.85. The molecule has 1 atom stereocenters. The molecular weight excluding hydrogens is 201 g/mol. The van der Waals surface area contributed by atoms with Gasteiger partial charge in [0.1, 0.15) is 0 Å². The van der Waals surface area contributed by atoms with Crippen molar-refractivity contribution in [3.05, 3.63) is 0 Å². The first-order valence-corrected chi connectivity index (χ1v) is 4.24. The van der Waals surface area contributed by atoms with Crippen molar-refractivity contribution in [2.24, 2.45) is 0 Å². The average Bonchev–Trinajstić information content (AvgIpc) is 2.02. The lowest BCUT2D eigenvalue weighted by Crippen LogP contribution is -2.46. The van der Waals surface area contributed by atoms with Crippen LogP contribution in [-0.2, 0) is 4.74 Å². The van der Waals surface area contributed by atoms with Crippen molar-refractivity contribution in [1.82, 2.24) is 10.6 Å². The second kappa shape index (κ2) is 4.50. The molecule has 1 fully saturated rings. The van der Waals surface area contributed by atoms with E-state index in [0.717, 1.165) is 13.0 Å². The van der Waals surface area contributed by atoms with E-state index in [1.54, 1.807) is 0 Å². The number of carbonyl (C=O) groups excluding carboxylic acids is 1. The van der Waals surface area contributed by atoms with Gasteiger partial charge in [-0.3, -0.25) is 0 Å². The summed E-state index contributed by atoms with van der Waals surface area (Å²) in [5, 5.41) is 5.08. The highest BCUT2D eigenvalue weighted by Crippen LogP contribution is 2.16. The van der Waals surface area contributed by atoms with Crippen LogP contribution in [0.4, 0.5) is 18.0 Å². The van der Waals surface area contributed by atoms with Crippen LogP contribution in [0, 0.1) is 0 Å². The first kappa shape index (κ1) is 11.1. The lowest BCUT2D eigenvalue weighted by Gasteiger charge is -2.23. The smallest absolute Gasteiger partial charge is 0.356 e. The molecule has 0 aromatic carbocycles. The van der Waals surface area contributed by atoms with E-state index in [4.69, 9.17) is 0 Å². The fraction of sp³-hybridized carbons (Fsp3) is 0.857. The van der Waals surface area contributed by atoms with Gasteiger partial charge in [0.15, 0.2) is 0 Å². The number of nitrogens with one attached hydrogen (secondary N) is 2. The van der Waals surface area contributed by atoms with Crippen molar-refractivity contribution in [2.75, 3.05) is 13.1 Å². The molecule has 0 aliphatic carbocycles. The van der Waals surface area contributed by atoms with E-state index in [2.05, 4.69) is 15.4 Å². The summed E-state index contributed by atoms with van der Waals surface area (Å²) in [5.41, 5.74) is 0. The van der Waals surface area contributed by atoms with Gasteiger partial charge in [0, 0.05) is 12.6 Å². The zero-order chi connectivity index (χ0) is 10.6. The van der Waals surface area contributed by atoms with Gasteiger partial charge in [-0.15, -0.1) is 13.2 Å². The monoisotopic (exact) mass is 212 g/mol. The fourth-order valence-electron chi connectivity index (χ4n) is 1.28. The van der Waals surface area contributed by atoms with Gasteiger partial charge in [-0.2, -0.15) is 0 Å². The summed E-state index contributed by atoms with van der Waals surface area (Å²) < 4.78 is 37.8. The van der Waals surface area contributed by atoms with E-state index < -0.39 is 12.5 Å².